The summed E-state index contributed by atoms with van der Waals surface area (Å²) >= 11 is 0. The van der Waals surface area contributed by atoms with E-state index in [-0.39, 0.29) is 12.1 Å². The van der Waals surface area contributed by atoms with Gasteiger partial charge in [0.05, 0.1) is 5.60 Å². The second-order valence-electron chi connectivity index (χ2n) is 5.86. The lowest BCUT2D eigenvalue weighted by Crippen LogP contribution is -2.45. The third-order valence-electron chi connectivity index (χ3n) is 3.89. The summed E-state index contributed by atoms with van der Waals surface area (Å²) in [6, 6.07) is 1.28. The number of amides is 1. The Bertz CT molecular complexity index is 527. The molecule has 0 aromatic heterocycles. The van der Waals surface area contributed by atoms with Crippen LogP contribution in [0.15, 0.2) is 12.1 Å². The lowest BCUT2D eigenvalue weighted by Gasteiger charge is -2.35. The molecule has 2 N–H and O–H groups in total. The molecular weight excluding hydrogens is 283 g/mol. The van der Waals surface area contributed by atoms with E-state index in [2.05, 4.69) is 5.32 Å². The minimum atomic E-state index is -1.61. The molecule has 1 aromatic rings. The van der Waals surface area contributed by atoms with Crippen LogP contribution in [0, 0.1) is 23.4 Å². The zero-order valence-electron chi connectivity index (χ0n) is 11.8. The highest BCUT2D eigenvalue weighted by molar-refractivity contribution is 5.94. The maximum atomic E-state index is 13.1. The minimum absolute atomic E-state index is 0.0107. The lowest BCUT2D eigenvalue weighted by molar-refractivity contribution is -0.0109. The first kappa shape index (κ1) is 15.8. The van der Waals surface area contributed by atoms with Crippen molar-refractivity contribution in [1.29, 1.82) is 0 Å². The van der Waals surface area contributed by atoms with Crippen molar-refractivity contribution in [3.8, 4) is 0 Å². The second-order valence-corrected chi connectivity index (χ2v) is 5.86. The van der Waals surface area contributed by atoms with Crippen LogP contribution in [0.5, 0.6) is 0 Å². The van der Waals surface area contributed by atoms with E-state index < -0.39 is 29.0 Å². The van der Waals surface area contributed by atoms with E-state index in [4.69, 9.17) is 0 Å². The number of nitrogens with one attached hydrogen (secondary N) is 1. The highest BCUT2D eigenvalue weighted by atomic mass is 19.2. The van der Waals surface area contributed by atoms with Crippen molar-refractivity contribution >= 4 is 5.91 Å². The average Bonchev–Trinajstić information content (AvgIpc) is 2.41. The van der Waals surface area contributed by atoms with Crippen molar-refractivity contribution in [3.05, 3.63) is 35.1 Å². The number of halogens is 3. The Hall–Kier alpha value is -1.56. The zero-order chi connectivity index (χ0) is 15.6. The Kier molecular flexibility index (Phi) is 4.56. The summed E-state index contributed by atoms with van der Waals surface area (Å²) in [5.41, 5.74) is -1.30. The fraction of sp³-hybridized carbons (Fsp3) is 0.533. The maximum absolute atomic E-state index is 13.1. The van der Waals surface area contributed by atoms with Gasteiger partial charge in [0.1, 0.15) is 0 Å². The number of carbonyl (C=O) groups excluding carboxylic acids is 1. The first-order chi connectivity index (χ1) is 9.81. The van der Waals surface area contributed by atoms with Crippen LogP contribution < -0.4 is 5.32 Å². The zero-order valence-corrected chi connectivity index (χ0v) is 11.8. The van der Waals surface area contributed by atoms with Gasteiger partial charge in [0.25, 0.3) is 5.91 Å². The van der Waals surface area contributed by atoms with Crippen LogP contribution in [0.3, 0.4) is 0 Å². The van der Waals surface area contributed by atoms with Gasteiger partial charge >= 0.3 is 0 Å². The van der Waals surface area contributed by atoms with E-state index in [0.717, 1.165) is 12.8 Å². The van der Waals surface area contributed by atoms with Gasteiger partial charge in [0.15, 0.2) is 17.5 Å². The van der Waals surface area contributed by atoms with Gasteiger partial charge in [-0.1, -0.05) is 19.8 Å². The summed E-state index contributed by atoms with van der Waals surface area (Å²) in [5, 5.41) is 12.8. The molecule has 0 spiro atoms. The van der Waals surface area contributed by atoms with Crippen LogP contribution in [-0.4, -0.2) is 23.2 Å². The Balaban J connectivity index is 2.02. The Morgan fingerprint density at radius 2 is 2.00 bits per heavy atom. The van der Waals surface area contributed by atoms with E-state index >= 15 is 0 Å². The van der Waals surface area contributed by atoms with E-state index in [1.807, 2.05) is 6.92 Å². The van der Waals surface area contributed by atoms with Gasteiger partial charge in [-0.3, -0.25) is 4.79 Å². The monoisotopic (exact) mass is 301 g/mol. The first-order valence-electron chi connectivity index (χ1n) is 6.96. The van der Waals surface area contributed by atoms with Crippen LogP contribution in [-0.2, 0) is 0 Å². The van der Waals surface area contributed by atoms with Crippen molar-refractivity contribution in [1.82, 2.24) is 5.32 Å². The molecule has 0 saturated heterocycles. The molecule has 1 fully saturated rings. The molecule has 0 bridgehead atoms. The SMILES string of the molecule is CC1CCCC(O)(CNC(=O)c2cc(F)c(F)c(F)c2)C1. The summed E-state index contributed by atoms with van der Waals surface area (Å²) in [6.07, 6.45) is 3.04. The molecule has 1 aliphatic carbocycles. The molecule has 2 unspecified atom stereocenters. The Morgan fingerprint density at radius 1 is 1.38 bits per heavy atom. The molecule has 6 heteroatoms. The molecular formula is C15H18F3NO2. The molecule has 1 aromatic carbocycles. The van der Waals surface area contributed by atoms with Gasteiger partial charge in [-0.15, -0.1) is 0 Å². The highest BCUT2D eigenvalue weighted by Gasteiger charge is 2.33. The number of carbonyl (C=O) groups is 1. The minimum Gasteiger partial charge on any atom is -0.388 e. The third-order valence-corrected chi connectivity index (χ3v) is 3.89. The number of aliphatic hydroxyl groups is 1. The third kappa shape index (κ3) is 3.75. The number of rotatable bonds is 3. The van der Waals surface area contributed by atoms with E-state index in [0.29, 0.717) is 30.9 Å². The maximum Gasteiger partial charge on any atom is 0.251 e. The summed E-state index contributed by atoms with van der Waals surface area (Å²) in [5.74, 6) is -4.80. The largest absolute Gasteiger partial charge is 0.388 e. The van der Waals surface area contributed by atoms with Crippen molar-refractivity contribution in [2.24, 2.45) is 5.92 Å². The number of hydrogen-bond donors (Lipinski definition) is 2. The van der Waals surface area contributed by atoms with E-state index in [1.165, 1.54) is 0 Å². The fourth-order valence-electron chi connectivity index (χ4n) is 2.83. The molecule has 0 aliphatic heterocycles. The first-order valence-corrected chi connectivity index (χ1v) is 6.96. The van der Waals surface area contributed by atoms with E-state index in [1.54, 1.807) is 0 Å². The van der Waals surface area contributed by atoms with Gasteiger partial charge in [0, 0.05) is 12.1 Å². The topological polar surface area (TPSA) is 49.3 Å². The molecule has 3 nitrogen and oxygen atoms in total. The highest BCUT2D eigenvalue weighted by Crippen LogP contribution is 2.31. The van der Waals surface area contributed by atoms with Gasteiger partial charge in [-0.05, 0) is 30.9 Å². The lowest BCUT2D eigenvalue weighted by atomic mass is 9.79. The Morgan fingerprint density at radius 3 is 2.57 bits per heavy atom. The van der Waals surface area contributed by atoms with Crippen LogP contribution in [0.1, 0.15) is 43.0 Å². The Labute approximate surface area is 121 Å². The summed E-state index contributed by atoms with van der Waals surface area (Å²) < 4.78 is 39.0. The number of benzene rings is 1. The standard InChI is InChI=1S/C15H18F3NO2/c1-9-3-2-4-15(21,7-9)8-19-14(20)10-5-11(16)13(18)12(17)6-10/h5-6,9,21H,2-4,7-8H2,1H3,(H,19,20). The fourth-order valence-corrected chi connectivity index (χ4v) is 2.83. The van der Waals surface area contributed by atoms with Gasteiger partial charge < -0.3 is 10.4 Å². The molecule has 1 aliphatic rings. The predicted octanol–water partition coefficient (Wildman–Crippen LogP) is 2.77. The van der Waals surface area contributed by atoms with Crippen molar-refractivity contribution in [2.45, 2.75) is 38.2 Å². The smallest absolute Gasteiger partial charge is 0.251 e. The molecule has 21 heavy (non-hydrogen) atoms. The van der Waals surface area contributed by atoms with Gasteiger partial charge in [0.2, 0.25) is 0 Å². The molecule has 0 heterocycles. The van der Waals surface area contributed by atoms with Crippen molar-refractivity contribution < 1.29 is 23.1 Å². The molecule has 2 rings (SSSR count). The van der Waals surface area contributed by atoms with Crippen LogP contribution >= 0.6 is 0 Å². The quantitative estimate of drug-likeness (QED) is 0.843. The summed E-state index contributed by atoms with van der Waals surface area (Å²) in [6.45, 7) is 2.04. The average molecular weight is 301 g/mol. The molecule has 116 valence electrons. The molecule has 1 amide bonds. The molecule has 2 atom stereocenters. The number of hydrogen-bond acceptors (Lipinski definition) is 2. The van der Waals surface area contributed by atoms with Crippen molar-refractivity contribution in [2.75, 3.05) is 6.54 Å². The summed E-state index contributed by atoms with van der Waals surface area (Å²) in [7, 11) is 0. The molecule has 0 radical (unpaired) electrons. The normalized spacial score (nSPS) is 25.7. The predicted molar refractivity (Wildman–Crippen MR) is 71.2 cm³/mol. The van der Waals surface area contributed by atoms with Crippen LogP contribution in [0.4, 0.5) is 13.2 Å². The van der Waals surface area contributed by atoms with Gasteiger partial charge in [-0.25, -0.2) is 13.2 Å². The van der Waals surface area contributed by atoms with Gasteiger partial charge in [-0.2, -0.15) is 0 Å². The molecule has 1 saturated carbocycles. The van der Waals surface area contributed by atoms with Crippen LogP contribution in [0.2, 0.25) is 0 Å². The van der Waals surface area contributed by atoms with E-state index in [9.17, 15) is 23.1 Å². The summed E-state index contributed by atoms with van der Waals surface area (Å²) in [4.78, 5) is 11.8. The second kappa shape index (κ2) is 6.05. The van der Waals surface area contributed by atoms with Crippen LogP contribution in [0.25, 0.3) is 0 Å². The van der Waals surface area contributed by atoms with Crippen molar-refractivity contribution in [3.63, 3.8) is 0 Å².